The van der Waals surface area contributed by atoms with E-state index >= 15 is 0 Å². The fourth-order valence-electron chi connectivity index (χ4n) is 2.71. The number of rotatable bonds is 7. The van der Waals surface area contributed by atoms with Crippen LogP contribution in [-0.4, -0.2) is 30.3 Å². The third kappa shape index (κ3) is 4.77. The minimum absolute atomic E-state index is 0.212. The number of aromatic nitrogens is 2. The smallest absolute Gasteiger partial charge is 0.258 e. The van der Waals surface area contributed by atoms with Crippen LogP contribution in [-0.2, 0) is 12.8 Å². The fraction of sp³-hybridized carbons (Fsp3) is 0.200. The molecule has 3 aromatic rings. The van der Waals surface area contributed by atoms with Gasteiger partial charge in [0.15, 0.2) is 5.82 Å². The van der Waals surface area contributed by atoms with Crippen LogP contribution in [0.2, 0.25) is 10.0 Å². The topological polar surface area (TPSA) is 76.2 Å². The number of aryl methyl sites for hydroxylation is 2. The summed E-state index contributed by atoms with van der Waals surface area (Å²) in [4.78, 5) is 12.4. The van der Waals surface area contributed by atoms with E-state index in [-0.39, 0.29) is 10.9 Å². The van der Waals surface area contributed by atoms with Gasteiger partial charge in [-0.3, -0.25) is 9.89 Å². The second kappa shape index (κ2) is 8.99. The molecule has 0 saturated carbocycles. The van der Waals surface area contributed by atoms with Crippen LogP contribution in [0.4, 0.5) is 5.82 Å². The predicted octanol–water partition coefficient (Wildman–Crippen LogP) is 4.77. The van der Waals surface area contributed by atoms with Gasteiger partial charge in [-0.2, -0.15) is 5.10 Å². The van der Waals surface area contributed by atoms with Gasteiger partial charge in [-0.15, -0.1) is 0 Å². The van der Waals surface area contributed by atoms with Gasteiger partial charge in [-0.05, 0) is 42.7 Å². The minimum atomic E-state index is -0.372. The van der Waals surface area contributed by atoms with Crippen molar-refractivity contribution < 1.29 is 14.3 Å². The van der Waals surface area contributed by atoms with Crippen LogP contribution >= 0.6 is 23.2 Å². The molecule has 0 aliphatic rings. The Bertz CT molecular complexity index is 966. The zero-order valence-electron chi connectivity index (χ0n) is 15.4. The number of hydrogen-bond acceptors (Lipinski definition) is 4. The molecule has 8 heteroatoms. The van der Waals surface area contributed by atoms with Gasteiger partial charge in [0.1, 0.15) is 11.5 Å². The summed E-state index contributed by atoms with van der Waals surface area (Å²) in [6.07, 6.45) is 1.46. The standard InChI is InChI=1S/C20H19Cl2N3O3/c1-27-14-8-12(9-15(11-14)28-2)6-7-13-10-18(25-24-13)23-20(26)16-4-3-5-17(21)19(16)22/h3-5,8-11H,6-7H2,1-2H3,(H2,23,24,25,26). The lowest BCUT2D eigenvalue weighted by atomic mass is 10.1. The summed E-state index contributed by atoms with van der Waals surface area (Å²) in [6.45, 7) is 0. The first-order chi connectivity index (χ1) is 13.5. The second-order valence-electron chi connectivity index (χ2n) is 6.05. The lowest BCUT2D eigenvalue weighted by Gasteiger charge is -2.08. The summed E-state index contributed by atoms with van der Waals surface area (Å²) in [5.41, 5.74) is 2.25. The van der Waals surface area contributed by atoms with Crippen molar-refractivity contribution in [1.29, 1.82) is 0 Å². The van der Waals surface area contributed by atoms with Crippen molar-refractivity contribution in [1.82, 2.24) is 10.2 Å². The van der Waals surface area contributed by atoms with Gasteiger partial charge in [-0.25, -0.2) is 0 Å². The lowest BCUT2D eigenvalue weighted by Crippen LogP contribution is -2.12. The van der Waals surface area contributed by atoms with Crippen molar-refractivity contribution in [3.63, 3.8) is 0 Å². The van der Waals surface area contributed by atoms with E-state index in [1.165, 1.54) is 0 Å². The van der Waals surface area contributed by atoms with Crippen LogP contribution in [0.5, 0.6) is 11.5 Å². The average Bonchev–Trinajstić information content (AvgIpc) is 3.15. The number of H-pyrrole nitrogens is 1. The fourth-order valence-corrected chi connectivity index (χ4v) is 3.09. The van der Waals surface area contributed by atoms with Crippen molar-refractivity contribution in [2.24, 2.45) is 0 Å². The molecule has 1 amide bonds. The Morgan fingerprint density at radius 2 is 1.79 bits per heavy atom. The molecule has 6 nitrogen and oxygen atoms in total. The van der Waals surface area contributed by atoms with E-state index in [2.05, 4.69) is 15.5 Å². The number of carbonyl (C=O) groups is 1. The number of carbonyl (C=O) groups excluding carboxylic acids is 1. The summed E-state index contributed by atoms with van der Waals surface area (Å²) in [6, 6.07) is 12.4. The van der Waals surface area contributed by atoms with E-state index in [0.29, 0.717) is 22.8 Å². The quantitative estimate of drug-likeness (QED) is 0.577. The van der Waals surface area contributed by atoms with Crippen molar-refractivity contribution >= 4 is 34.9 Å². The first-order valence-corrected chi connectivity index (χ1v) is 9.27. The molecule has 0 aliphatic carbocycles. The molecule has 146 valence electrons. The SMILES string of the molecule is COc1cc(CCc2cc(NC(=O)c3cccc(Cl)c3Cl)n[nH]2)cc(OC)c1. The van der Waals surface area contributed by atoms with Gasteiger partial charge in [0.2, 0.25) is 0 Å². The van der Waals surface area contributed by atoms with Crippen LogP contribution in [0.1, 0.15) is 21.6 Å². The number of nitrogens with one attached hydrogen (secondary N) is 2. The molecule has 0 aliphatic heterocycles. The van der Waals surface area contributed by atoms with Crippen molar-refractivity contribution in [3.05, 3.63) is 69.3 Å². The molecule has 28 heavy (non-hydrogen) atoms. The third-order valence-electron chi connectivity index (χ3n) is 4.16. The molecule has 1 heterocycles. The Kier molecular flexibility index (Phi) is 6.44. The molecule has 2 N–H and O–H groups in total. The summed E-state index contributed by atoms with van der Waals surface area (Å²) in [7, 11) is 3.24. The van der Waals surface area contributed by atoms with E-state index in [9.17, 15) is 4.79 Å². The Morgan fingerprint density at radius 1 is 1.07 bits per heavy atom. The summed E-state index contributed by atoms with van der Waals surface area (Å²) in [5.74, 6) is 1.53. The van der Waals surface area contributed by atoms with Crippen molar-refractivity contribution in [3.8, 4) is 11.5 Å². The van der Waals surface area contributed by atoms with E-state index < -0.39 is 0 Å². The molecule has 3 rings (SSSR count). The van der Waals surface area contributed by atoms with E-state index in [1.54, 1.807) is 38.5 Å². The highest BCUT2D eigenvalue weighted by Crippen LogP contribution is 2.26. The van der Waals surface area contributed by atoms with Crippen LogP contribution in [0.15, 0.2) is 42.5 Å². The number of nitrogens with zero attached hydrogens (tertiary/aromatic N) is 1. The molecule has 1 aromatic heterocycles. The number of halogens is 2. The molecule has 0 radical (unpaired) electrons. The van der Waals surface area contributed by atoms with Crippen LogP contribution in [0, 0.1) is 0 Å². The lowest BCUT2D eigenvalue weighted by molar-refractivity contribution is 0.102. The molecule has 2 aromatic carbocycles. The number of methoxy groups -OCH3 is 2. The maximum atomic E-state index is 12.4. The Balaban J connectivity index is 1.64. The average molecular weight is 420 g/mol. The largest absolute Gasteiger partial charge is 0.497 e. The molecule has 0 atom stereocenters. The predicted molar refractivity (Wildman–Crippen MR) is 110 cm³/mol. The monoisotopic (exact) mass is 419 g/mol. The van der Waals surface area contributed by atoms with E-state index in [1.807, 2.05) is 18.2 Å². The Morgan fingerprint density at radius 3 is 2.46 bits per heavy atom. The Hall–Kier alpha value is -2.70. The van der Waals surface area contributed by atoms with E-state index in [0.717, 1.165) is 29.2 Å². The highest BCUT2D eigenvalue weighted by molar-refractivity contribution is 6.44. The van der Waals surface area contributed by atoms with Crippen LogP contribution in [0.3, 0.4) is 0 Å². The molecule has 0 unspecified atom stereocenters. The number of ether oxygens (including phenoxy) is 2. The van der Waals surface area contributed by atoms with Crippen molar-refractivity contribution in [2.75, 3.05) is 19.5 Å². The molecule has 0 fully saturated rings. The van der Waals surface area contributed by atoms with Crippen molar-refractivity contribution in [2.45, 2.75) is 12.8 Å². The molecule has 0 bridgehead atoms. The zero-order valence-corrected chi connectivity index (χ0v) is 16.9. The summed E-state index contributed by atoms with van der Waals surface area (Å²) in [5, 5.41) is 10.3. The normalized spacial score (nSPS) is 10.6. The van der Waals surface area contributed by atoms with Gasteiger partial charge in [0, 0.05) is 17.8 Å². The maximum Gasteiger partial charge on any atom is 0.258 e. The second-order valence-corrected chi connectivity index (χ2v) is 6.84. The number of hydrogen-bond donors (Lipinski definition) is 2. The van der Waals surface area contributed by atoms with Gasteiger partial charge >= 0.3 is 0 Å². The first-order valence-electron chi connectivity index (χ1n) is 8.51. The van der Waals surface area contributed by atoms with E-state index in [4.69, 9.17) is 32.7 Å². The minimum Gasteiger partial charge on any atom is -0.497 e. The molecular weight excluding hydrogens is 401 g/mol. The first kappa shape index (κ1) is 20.0. The molecule has 0 saturated heterocycles. The van der Waals surface area contributed by atoms with Gasteiger partial charge in [0.05, 0.1) is 29.8 Å². The van der Waals surface area contributed by atoms with Gasteiger partial charge in [0.25, 0.3) is 5.91 Å². The van der Waals surface area contributed by atoms with Crippen LogP contribution in [0.25, 0.3) is 0 Å². The highest BCUT2D eigenvalue weighted by atomic mass is 35.5. The van der Waals surface area contributed by atoms with Gasteiger partial charge in [-0.1, -0.05) is 29.3 Å². The Labute approximate surface area is 172 Å². The number of benzene rings is 2. The maximum absolute atomic E-state index is 12.4. The summed E-state index contributed by atoms with van der Waals surface area (Å²) < 4.78 is 10.6. The zero-order chi connectivity index (χ0) is 20.1. The summed E-state index contributed by atoms with van der Waals surface area (Å²) >= 11 is 12.0. The third-order valence-corrected chi connectivity index (χ3v) is 4.98. The number of anilines is 1. The van der Waals surface area contributed by atoms with Gasteiger partial charge < -0.3 is 14.8 Å². The number of amides is 1. The highest BCUT2D eigenvalue weighted by Gasteiger charge is 2.14. The van der Waals surface area contributed by atoms with Crippen LogP contribution < -0.4 is 14.8 Å². The molecule has 0 spiro atoms. The molecular formula is C20H19Cl2N3O3. The number of aromatic amines is 1.